The Morgan fingerprint density at radius 2 is 1.75 bits per heavy atom. The summed E-state index contributed by atoms with van der Waals surface area (Å²) in [4.78, 5) is 2.06. The highest BCUT2D eigenvalue weighted by Crippen LogP contribution is 2.25. The van der Waals surface area contributed by atoms with E-state index in [0.717, 1.165) is 6.54 Å². The standard InChI is InChI=1S/C8H16FN.C2H6/c1-6(2)7-4-10(3)5-8(7)9;1-2/h6-8H,4-5H2,1-3H3;1-2H3. The van der Waals surface area contributed by atoms with Crippen molar-refractivity contribution in [1.29, 1.82) is 0 Å². The highest BCUT2D eigenvalue weighted by Gasteiger charge is 2.32. The Balaban J connectivity index is 0.000000561. The van der Waals surface area contributed by atoms with Gasteiger partial charge in [-0.2, -0.15) is 0 Å². The van der Waals surface area contributed by atoms with Crippen LogP contribution in [0.15, 0.2) is 0 Å². The summed E-state index contributed by atoms with van der Waals surface area (Å²) in [5.74, 6) is 0.755. The fourth-order valence-corrected chi connectivity index (χ4v) is 1.61. The highest BCUT2D eigenvalue weighted by atomic mass is 19.1. The molecule has 1 heterocycles. The third-order valence-electron chi connectivity index (χ3n) is 2.33. The summed E-state index contributed by atoms with van der Waals surface area (Å²) in [5.41, 5.74) is 0. The van der Waals surface area contributed by atoms with E-state index in [1.165, 1.54) is 0 Å². The average Bonchev–Trinajstić information content (AvgIpc) is 2.34. The largest absolute Gasteiger partial charge is 0.303 e. The number of hydrogen-bond acceptors (Lipinski definition) is 1. The Morgan fingerprint density at radius 1 is 1.25 bits per heavy atom. The van der Waals surface area contributed by atoms with Gasteiger partial charge in [0.25, 0.3) is 0 Å². The van der Waals surface area contributed by atoms with Gasteiger partial charge in [-0.15, -0.1) is 0 Å². The normalized spacial score (nSPS) is 30.2. The van der Waals surface area contributed by atoms with E-state index >= 15 is 0 Å². The SMILES string of the molecule is CC.CC(C)C1CN(C)CC1F. The predicted octanol–water partition coefficient (Wildman–Crippen LogP) is 2.57. The zero-order chi connectivity index (χ0) is 9.72. The number of hydrogen-bond donors (Lipinski definition) is 0. The molecule has 1 nitrogen and oxygen atoms in total. The summed E-state index contributed by atoms with van der Waals surface area (Å²) in [6, 6.07) is 0. The van der Waals surface area contributed by atoms with E-state index in [1.807, 2.05) is 20.9 Å². The molecule has 1 rings (SSSR count). The van der Waals surface area contributed by atoms with Gasteiger partial charge in [0.05, 0.1) is 0 Å². The van der Waals surface area contributed by atoms with Crippen LogP contribution in [0.4, 0.5) is 4.39 Å². The number of rotatable bonds is 1. The topological polar surface area (TPSA) is 3.24 Å². The molecule has 0 spiro atoms. The van der Waals surface area contributed by atoms with Crippen LogP contribution in [0.25, 0.3) is 0 Å². The van der Waals surface area contributed by atoms with Crippen molar-refractivity contribution in [3.8, 4) is 0 Å². The van der Waals surface area contributed by atoms with Crippen molar-refractivity contribution < 1.29 is 4.39 Å². The maximum atomic E-state index is 13.0. The van der Waals surface area contributed by atoms with Gasteiger partial charge in [0.2, 0.25) is 0 Å². The summed E-state index contributed by atoms with van der Waals surface area (Å²) in [6.45, 7) is 9.74. The lowest BCUT2D eigenvalue weighted by molar-refractivity contribution is 0.234. The first-order valence-electron chi connectivity index (χ1n) is 4.94. The molecule has 0 aromatic rings. The van der Waals surface area contributed by atoms with Gasteiger partial charge in [0, 0.05) is 19.0 Å². The van der Waals surface area contributed by atoms with Gasteiger partial charge in [-0.1, -0.05) is 27.7 Å². The van der Waals surface area contributed by atoms with Gasteiger partial charge in [0.1, 0.15) is 6.17 Å². The molecular weight excluding hydrogens is 153 g/mol. The molecule has 2 heteroatoms. The van der Waals surface area contributed by atoms with Gasteiger partial charge in [0.15, 0.2) is 0 Å². The summed E-state index contributed by atoms with van der Waals surface area (Å²) < 4.78 is 13.0. The maximum Gasteiger partial charge on any atom is 0.117 e. The number of alkyl halides is 1. The van der Waals surface area contributed by atoms with Crippen molar-refractivity contribution in [1.82, 2.24) is 4.90 Å². The average molecular weight is 175 g/mol. The molecule has 74 valence electrons. The first-order chi connectivity index (χ1) is 5.61. The van der Waals surface area contributed by atoms with Crippen LogP contribution < -0.4 is 0 Å². The molecule has 0 amide bonds. The van der Waals surface area contributed by atoms with Crippen LogP contribution in [0.2, 0.25) is 0 Å². The molecule has 12 heavy (non-hydrogen) atoms. The molecule has 2 unspecified atom stereocenters. The zero-order valence-electron chi connectivity index (χ0n) is 8.97. The Hall–Kier alpha value is -0.110. The third-order valence-corrected chi connectivity index (χ3v) is 2.33. The second kappa shape index (κ2) is 5.52. The minimum Gasteiger partial charge on any atom is -0.303 e. The Labute approximate surface area is 75.9 Å². The number of halogens is 1. The first kappa shape index (κ1) is 11.9. The number of likely N-dealkylation sites (tertiary alicyclic amines) is 1. The van der Waals surface area contributed by atoms with E-state index in [2.05, 4.69) is 18.7 Å². The quantitative estimate of drug-likeness (QED) is 0.592. The number of nitrogens with zero attached hydrogens (tertiary/aromatic N) is 1. The van der Waals surface area contributed by atoms with Crippen LogP contribution in [-0.2, 0) is 0 Å². The fourth-order valence-electron chi connectivity index (χ4n) is 1.61. The second-order valence-corrected chi connectivity index (χ2v) is 3.65. The van der Waals surface area contributed by atoms with E-state index in [-0.39, 0.29) is 5.92 Å². The summed E-state index contributed by atoms with van der Waals surface area (Å²) in [7, 11) is 1.98. The molecule has 0 N–H and O–H groups in total. The summed E-state index contributed by atoms with van der Waals surface area (Å²) in [6.07, 6.45) is -0.593. The molecular formula is C10H22FN. The fraction of sp³-hybridized carbons (Fsp3) is 1.00. The van der Waals surface area contributed by atoms with Crippen molar-refractivity contribution in [3.05, 3.63) is 0 Å². The first-order valence-corrected chi connectivity index (χ1v) is 4.94. The maximum absolute atomic E-state index is 13.0. The molecule has 0 bridgehead atoms. The van der Waals surface area contributed by atoms with E-state index < -0.39 is 6.17 Å². The smallest absolute Gasteiger partial charge is 0.117 e. The molecule has 1 aliphatic rings. The van der Waals surface area contributed by atoms with Crippen LogP contribution in [0.3, 0.4) is 0 Å². The van der Waals surface area contributed by atoms with Crippen molar-refractivity contribution in [3.63, 3.8) is 0 Å². The molecule has 1 aliphatic heterocycles. The van der Waals surface area contributed by atoms with Crippen molar-refractivity contribution in [2.45, 2.75) is 33.9 Å². The summed E-state index contributed by atoms with van der Waals surface area (Å²) >= 11 is 0. The lowest BCUT2D eigenvalue weighted by Crippen LogP contribution is -2.19. The Kier molecular flexibility index (Phi) is 5.47. The van der Waals surface area contributed by atoms with Gasteiger partial charge < -0.3 is 4.90 Å². The Bertz CT molecular complexity index is 114. The van der Waals surface area contributed by atoms with E-state index in [0.29, 0.717) is 12.5 Å². The molecule has 1 fully saturated rings. The minimum absolute atomic E-state index is 0.269. The third kappa shape index (κ3) is 3.10. The minimum atomic E-state index is -0.593. The van der Waals surface area contributed by atoms with Crippen LogP contribution >= 0.6 is 0 Å². The molecule has 0 saturated carbocycles. The van der Waals surface area contributed by atoms with Crippen LogP contribution in [-0.4, -0.2) is 31.2 Å². The van der Waals surface area contributed by atoms with Crippen LogP contribution in [0.1, 0.15) is 27.7 Å². The van der Waals surface area contributed by atoms with Crippen molar-refractivity contribution in [2.75, 3.05) is 20.1 Å². The second-order valence-electron chi connectivity index (χ2n) is 3.65. The molecule has 0 aliphatic carbocycles. The van der Waals surface area contributed by atoms with Crippen LogP contribution in [0.5, 0.6) is 0 Å². The lowest BCUT2D eigenvalue weighted by atomic mass is 9.94. The van der Waals surface area contributed by atoms with Gasteiger partial charge in [-0.3, -0.25) is 0 Å². The monoisotopic (exact) mass is 175 g/mol. The zero-order valence-corrected chi connectivity index (χ0v) is 8.97. The summed E-state index contributed by atoms with van der Waals surface area (Å²) in [5, 5.41) is 0. The lowest BCUT2D eigenvalue weighted by Gasteiger charge is -2.15. The van der Waals surface area contributed by atoms with Gasteiger partial charge >= 0.3 is 0 Å². The van der Waals surface area contributed by atoms with Crippen molar-refractivity contribution in [2.24, 2.45) is 11.8 Å². The molecule has 0 radical (unpaired) electrons. The molecule has 0 aromatic heterocycles. The molecule has 2 atom stereocenters. The van der Waals surface area contributed by atoms with Gasteiger partial charge in [-0.05, 0) is 13.0 Å². The van der Waals surface area contributed by atoms with E-state index in [9.17, 15) is 4.39 Å². The Morgan fingerprint density at radius 3 is 1.92 bits per heavy atom. The molecule has 0 aromatic carbocycles. The predicted molar refractivity (Wildman–Crippen MR) is 52.1 cm³/mol. The highest BCUT2D eigenvalue weighted by molar-refractivity contribution is 4.83. The van der Waals surface area contributed by atoms with E-state index in [1.54, 1.807) is 0 Å². The van der Waals surface area contributed by atoms with Crippen molar-refractivity contribution >= 4 is 0 Å². The van der Waals surface area contributed by atoms with Crippen LogP contribution in [0, 0.1) is 11.8 Å². The van der Waals surface area contributed by atoms with E-state index in [4.69, 9.17) is 0 Å². The molecule has 1 saturated heterocycles. The van der Waals surface area contributed by atoms with Gasteiger partial charge in [-0.25, -0.2) is 4.39 Å².